The lowest BCUT2D eigenvalue weighted by molar-refractivity contribution is 0.185. The molecule has 1 saturated heterocycles. The third kappa shape index (κ3) is 4.25. The van der Waals surface area contributed by atoms with Gasteiger partial charge in [0.15, 0.2) is 7.28 Å². The van der Waals surface area contributed by atoms with E-state index in [1.54, 1.807) is 7.28 Å². The summed E-state index contributed by atoms with van der Waals surface area (Å²) in [6, 6.07) is 14.7. The number of nitrogens with zero attached hydrogens (tertiary/aromatic N) is 2. The predicted molar refractivity (Wildman–Crippen MR) is 117 cm³/mol. The second kappa shape index (κ2) is 8.57. The molecule has 0 spiro atoms. The van der Waals surface area contributed by atoms with Gasteiger partial charge < -0.3 is 10.5 Å². The zero-order valence-electron chi connectivity index (χ0n) is 16.1. The number of hydrogen-bond acceptors (Lipinski definition) is 4. The molecule has 0 atom stereocenters. The number of hydrogen-bond donors (Lipinski definition) is 1. The van der Waals surface area contributed by atoms with Crippen LogP contribution in [0.2, 0.25) is 6.32 Å². The largest absolute Gasteiger partial charge is 0.399 e. The van der Waals surface area contributed by atoms with Gasteiger partial charge in [-0.05, 0) is 66.6 Å². The Morgan fingerprint density at radius 2 is 1.89 bits per heavy atom. The van der Waals surface area contributed by atoms with Gasteiger partial charge in [-0.2, -0.15) is 0 Å². The minimum atomic E-state index is 0.654. The van der Waals surface area contributed by atoms with Crippen molar-refractivity contribution >= 4 is 29.9 Å². The van der Waals surface area contributed by atoms with E-state index in [0.717, 1.165) is 54.3 Å². The number of benzene rings is 2. The van der Waals surface area contributed by atoms with E-state index in [1.807, 2.05) is 24.5 Å². The van der Waals surface area contributed by atoms with Crippen molar-refractivity contribution in [3.8, 4) is 11.1 Å². The molecule has 1 fully saturated rings. The molecule has 28 heavy (non-hydrogen) atoms. The average molecular weight is 370 g/mol. The lowest BCUT2D eigenvalue weighted by Crippen LogP contribution is -2.33. The van der Waals surface area contributed by atoms with Gasteiger partial charge >= 0.3 is 0 Å². The molecule has 0 saturated carbocycles. The van der Waals surface area contributed by atoms with Gasteiger partial charge in [0.25, 0.3) is 0 Å². The fourth-order valence-corrected chi connectivity index (χ4v) is 4.09. The second-order valence-electron chi connectivity index (χ2n) is 7.69. The Hall–Kier alpha value is -2.66. The van der Waals surface area contributed by atoms with Gasteiger partial charge in [0.2, 0.25) is 0 Å². The molecule has 1 aliphatic heterocycles. The van der Waals surface area contributed by atoms with Gasteiger partial charge in [0, 0.05) is 35.6 Å². The van der Waals surface area contributed by atoms with E-state index < -0.39 is 0 Å². The minimum absolute atomic E-state index is 0.654. The average Bonchev–Trinajstić information content (AvgIpc) is 2.73. The minimum Gasteiger partial charge on any atom is -0.399 e. The van der Waals surface area contributed by atoms with Crippen molar-refractivity contribution in [2.75, 3.05) is 18.8 Å². The summed E-state index contributed by atoms with van der Waals surface area (Å²) >= 11 is 0. The van der Waals surface area contributed by atoms with Crippen molar-refractivity contribution in [2.45, 2.75) is 25.7 Å². The van der Waals surface area contributed by atoms with Crippen LogP contribution in [0, 0.1) is 5.92 Å². The lowest BCUT2D eigenvalue weighted by Gasteiger charge is -2.31. The summed E-state index contributed by atoms with van der Waals surface area (Å²) in [4.78, 5) is 17.5. The molecule has 3 aromatic rings. The number of fused-ring (bicyclic) bond motifs is 1. The molecule has 1 aromatic heterocycles. The number of pyridine rings is 1. The molecule has 4 rings (SSSR count). The fourth-order valence-electron chi connectivity index (χ4n) is 4.09. The highest BCUT2D eigenvalue weighted by atomic mass is 16.1. The van der Waals surface area contributed by atoms with Gasteiger partial charge in [-0.15, -0.1) is 0 Å². The van der Waals surface area contributed by atoms with Crippen LogP contribution in [0.4, 0.5) is 5.69 Å². The van der Waals surface area contributed by atoms with Crippen molar-refractivity contribution in [1.82, 2.24) is 9.88 Å². The van der Waals surface area contributed by atoms with Crippen LogP contribution in [0.3, 0.4) is 0 Å². The first-order valence-electron chi connectivity index (χ1n) is 9.95. The van der Waals surface area contributed by atoms with Crippen LogP contribution in [0.25, 0.3) is 21.9 Å². The Labute approximate surface area is 167 Å². The van der Waals surface area contributed by atoms with Gasteiger partial charge in [-0.3, -0.25) is 9.88 Å². The van der Waals surface area contributed by atoms with Gasteiger partial charge in [-0.25, -0.2) is 0 Å². The van der Waals surface area contributed by atoms with Crippen LogP contribution in [0.1, 0.15) is 18.4 Å². The van der Waals surface area contributed by atoms with Crippen molar-refractivity contribution in [2.24, 2.45) is 5.92 Å². The van der Waals surface area contributed by atoms with Crippen molar-refractivity contribution in [1.29, 1.82) is 0 Å². The summed E-state index contributed by atoms with van der Waals surface area (Å²) in [5.41, 5.74) is 10.2. The SMILES string of the molecule is Nc1ccc(-c2cncc3ccc(CN4CCC(C[B]C=O)CC4)cc23)cc1. The molecule has 0 amide bonds. The summed E-state index contributed by atoms with van der Waals surface area (Å²) in [6.45, 7) is 3.15. The maximum Gasteiger partial charge on any atom is 0.197 e. The van der Waals surface area contributed by atoms with E-state index in [0.29, 0.717) is 5.92 Å². The van der Waals surface area contributed by atoms with Crippen LogP contribution < -0.4 is 5.73 Å². The summed E-state index contributed by atoms with van der Waals surface area (Å²) in [6.07, 6.45) is 8.04. The number of anilines is 1. The highest BCUT2D eigenvalue weighted by Crippen LogP contribution is 2.30. The molecule has 0 unspecified atom stereocenters. The topological polar surface area (TPSA) is 59.2 Å². The van der Waals surface area contributed by atoms with Crippen LogP contribution in [-0.2, 0) is 11.3 Å². The van der Waals surface area contributed by atoms with Crippen molar-refractivity contribution in [3.05, 3.63) is 60.4 Å². The van der Waals surface area contributed by atoms with Crippen molar-refractivity contribution < 1.29 is 4.79 Å². The molecule has 5 heteroatoms. The second-order valence-corrected chi connectivity index (χ2v) is 7.69. The third-order valence-electron chi connectivity index (χ3n) is 5.73. The maximum absolute atomic E-state index is 10.5. The molecule has 141 valence electrons. The van der Waals surface area contributed by atoms with Gasteiger partial charge in [-0.1, -0.05) is 30.6 Å². The van der Waals surface area contributed by atoms with Crippen LogP contribution in [0.5, 0.6) is 0 Å². The third-order valence-corrected chi connectivity index (χ3v) is 5.73. The van der Waals surface area contributed by atoms with Crippen LogP contribution in [-0.4, -0.2) is 36.4 Å². The van der Waals surface area contributed by atoms with E-state index in [9.17, 15) is 4.79 Å². The van der Waals surface area contributed by atoms with Crippen LogP contribution in [0.15, 0.2) is 54.9 Å². The first-order valence-corrected chi connectivity index (χ1v) is 9.95. The van der Waals surface area contributed by atoms with Gasteiger partial charge in [0.1, 0.15) is 0 Å². The number of carbonyl (C=O) groups is 1. The monoisotopic (exact) mass is 370 g/mol. The number of carbonyl (C=O) groups excluding carboxylic acids is 1. The molecule has 1 aliphatic rings. The highest BCUT2D eigenvalue weighted by Gasteiger charge is 2.19. The van der Waals surface area contributed by atoms with E-state index in [2.05, 4.69) is 40.2 Å². The van der Waals surface area contributed by atoms with Crippen LogP contribution >= 0.6 is 0 Å². The zero-order chi connectivity index (χ0) is 19.3. The Balaban J connectivity index is 1.52. The van der Waals surface area contributed by atoms with E-state index in [1.165, 1.54) is 23.8 Å². The number of aromatic nitrogens is 1. The Morgan fingerprint density at radius 1 is 1.11 bits per heavy atom. The summed E-state index contributed by atoms with van der Waals surface area (Å²) in [5.74, 6) is 0.654. The molecule has 4 nitrogen and oxygen atoms in total. The number of nitrogen functional groups attached to an aromatic ring is 1. The van der Waals surface area contributed by atoms with Crippen molar-refractivity contribution in [3.63, 3.8) is 0 Å². The lowest BCUT2D eigenvalue weighted by atomic mass is 9.69. The molecule has 1 radical (unpaired) electrons. The molecule has 0 bridgehead atoms. The molecule has 0 aliphatic carbocycles. The van der Waals surface area contributed by atoms with E-state index >= 15 is 0 Å². The molecular formula is C23H25BN3O. The summed E-state index contributed by atoms with van der Waals surface area (Å²) < 4.78 is 0. The maximum atomic E-state index is 10.5. The smallest absolute Gasteiger partial charge is 0.197 e. The quantitative estimate of drug-likeness (QED) is 0.405. The van der Waals surface area contributed by atoms with E-state index in [4.69, 9.17) is 5.73 Å². The summed E-state index contributed by atoms with van der Waals surface area (Å²) in [5, 5.41) is 2.38. The number of piperidine rings is 1. The molecule has 2 aromatic carbocycles. The Kier molecular flexibility index (Phi) is 5.72. The first kappa shape index (κ1) is 18.7. The predicted octanol–water partition coefficient (Wildman–Crippen LogP) is 4.01. The zero-order valence-corrected chi connectivity index (χ0v) is 16.1. The first-order chi connectivity index (χ1) is 13.7. The highest BCUT2D eigenvalue weighted by molar-refractivity contribution is 6.66. The van der Waals surface area contributed by atoms with Gasteiger partial charge in [0.05, 0.1) is 6.19 Å². The molecule has 2 N–H and O–H groups in total. The number of nitrogens with two attached hydrogens (primary N) is 1. The number of likely N-dealkylation sites (tertiary alicyclic amines) is 1. The Bertz CT molecular complexity index is 950. The van der Waals surface area contributed by atoms with E-state index in [-0.39, 0.29) is 0 Å². The standard InChI is InChI=1S/C23H25BN3O/c25-21-5-3-19(4-6-21)23-14-26-13-20-2-1-18(11-22(20)23)15-27-9-7-17(8-10-27)12-24-16-28/h1-6,11,13-14,16-17H,7-10,12,15,25H2. The Morgan fingerprint density at radius 3 is 2.64 bits per heavy atom. The fraction of sp³-hybridized carbons (Fsp3) is 0.304. The normalized spacial score (nSPS) is 15.6. The molecular weight excluding hydrogens is 345 g/mol. The number of rotatable bonds is 6. The molecule has 2 heterocycles. The summed E-state index contributed by atoms with van der Waals surface area (Å²) in [7, 11) is 1.76.